The number of rotatable bonds is 1. The second kappa shape index (κ2) is 4.50. The van der Waals surface area contributed by atoms with Crippen LogP contribution in [0.3, 0.4) is 0 Å². The predicted octanol–water partition coefficient (Wildman–Crippen LogP) is 2.25. The molecule has 0 bridgehead atoms. The van der Waals surface area contributed by atoms with Crippen LogP contribution in [0.15, 0.2) is 0 Å². The predicted molar refractivity (Wildman–Crippen MR) is 48.9 cm³/mol. The summed E-state index contributed by atoms with van der Waals surface area (Å²) in [4.78, 5) is 2.54. The monoisotopic (exact) mass is 239 g/mol. The average Bonchev–Trinajstić information content (AvgIpc) is 2.13. The van der Waals surface area contributed by atoms with E-state index < -0.39 is 0 Å². The third-order valence-electron chi connectivity index (χ3n) is 1.87. The third-order valence-corrected chi connectivity index (χ3v) is 2.83. The van der Waals surface area contributed by atoms with E-state index in [0.717, 1.165) is 0 Å². The largest absolute Gasteiger partial charge is 0.294 e. The molecule has 0 unspecified atom stereocenters. The van der Waals surface area contributed by atoms with Crippen LogP contribution in [0.25, 0.3) is 0 Å². The van der Waals surface area contributed by atoms with Crippen molar-refractivity contribution in [2.75, 3.05) is 17.6 Å². The summed E-state index contributed by atoms with van der Waals surface area (Å²) in [5.41, 5.74) is 0. The quantitative estimate of drug-likeness (QED) is 0.385. The zero-order valence-electron chi connectivity index (χ0n) is 5.77. The van der Waals surface area contributed by atoms with Crippen LogP contribution in [0, 0.1) is 0 Å². The highest BCUT2D eigenvalue weighted by Crippen LogP contribution is 2.09. The van der Waals surface area contributed by atoms with Gasteiger partial charge in [-0.1, -0.05) is 35.4 Å². The first kappa shape index (κ1) is 7.79. The molecule has 1 aliphatic rings. The second-order valence-electron chi connectivity index (χ2n) is 2.65. The number of nitrogens with zero attached hydrogens (tertiary/aromatic N) is 1. The average molecular weight is 239 g/mol. The molecule has 0 saturated carbocycles. The first-order chi connectivity index (χ1) is 4.43. The Kier molecular flexibility index (Phi) is 3.89. The Morgan fingerprint density at radius 1 is 1.00 bits per heavy atom. The van der Waals surface area contributed by atoms with Gasteiger partial charge in [0.2, 0.25) is 0 Å². The molecule has 1 fully saturated rings. The van der Waals surface area contributed by atoms with Gasteiger partial charge in [-0.05, 0) is 25.9 Å². The van der Waals surface area contributed by atoms with Gasteiger partial charge in [0.05, 0.1) is 4.55 Å². The molecule has 0 aromatic heterocycles. The van der Waals surface area contributed by atoms with Crippen molar-refractivity contribution in [3.05, 3.63) is 0 Å². The van der Waals surface area contributed by atoms with E-state index in [4.69, 9.17) is 0 Å². The maximum atomic E-state index is 2.54. The Bertz CT molecular complexity index is 67.3. The molecule has 1 aliphatic heterocycles. The molecule has 0 radical (unpaired) electrons. The van der Waals surface area contributed by atoms with Crippen LogP contribution in [0.2, 0.25) is 0 Å². The van der Waals surface area contributed by atoms with Crippen LogP contribution in [0.4, 0.5) is 0 Å². The van der Waals surface area contributed by atoms with E-state index in [1.54, 1.807) is 0 Å². The first-order valence-electron chi connectivity index (χ1n) is 3.72. The number of hydrogen-bond acceptors (Lipinski definition) is 1. The molecule has 0 aromatic rings. The fourth-order valence-electron chi connectivity index (χ4n) is 1.26. The summed E-state index contributed by atoms with van der Waals surface area (Å²) >= 11 is 2.45. The van der Waals surface area contributed by atoms with Crippen LogP contribution in [-0.4, -0.2) is 22.5 Å². The molecular weight excluding hydrogens is 225 g/mol. The van der Waals surface area contributed by atoms with Crippen molar-refractivity contribution in [1.29, 1.82) is 0 Å². The van der Waals surface area contributed by atoms with Crippen LogP contribution < -0.4 is 0 Å². The highest BCUT2D eigenvalue weighted by molar-refractivity contribution is 14.1. The van der Waals surface area contributed by atoms with Crippen molar-refractivity contribution in [2.45, 2.75) is 25.7 Å². The van der Waals surface area contributed by atoms with Crippen molar-refractivity contribution in [3.63, 3.8) is 0 Å². The minimum Gasteiger partial charge on any atom is -0.294 e. The molecule has 0 aromatic carbocycles. The molecule has 1 rings (SSSR count). The van der Waals surface area contributed by atoms with E-state index in [9.17, 15) is 0 Å². The summed E-state index contributed by atoms with van der Waals surface area (Å²) in [6, 6.07) is 0. The van der Waals surface area contributed by atoms with E-state index in [2.05, 4.69) is 27.5 Å². The molecule has 0 aliphatic carbocycles. The summed E-state index contributed by atoms with van der Waals surface area (Å²) in [5, 5.41) is 0. The minimum absolute atomic E-state index is 1.22. The molecule has 54 valence electrons. The Morgan fingerprint density at radius 3 is 2.00 bits per heavy atom. The molecule has 9 heavy (non-hydrogen) atoms. The maximum Gasteiger partial charge on any atom is 0.0505 e. The van der Waals surface area contributed by atoms with Gasteiger partial charge in [0.1, 0.15) is 0 Å². The smallest absolute Gasteiger partial charge is 0.0505 e. The SMILES string of the molecule is ICN1CCCCCC1. The Labute approximate surface area is 70.9 Å². The second-order valence-corrected chi connectivity index (χ2v) is 3.33. The number of halogens is 1. The lowest BCUT2D eigenvalue weighted by atomic mass is 10.2. The van der Waals surface area contributed by atoms with Crippen LogP contribution in [0.1, 0.15) is 25.7 Å². The van der Waals surface area contributed by atoms with Crippen molar-refractivity contribution in [1.82, 2.24) is 4.90 Å². The molecule has 1 nitrogen and oxygen atoms in total. The molecule has 0 amide bonds. The van der Waals surface area contributed by atoms with Crippen molar-refractivity contribution in [3.8, 4) is 0 Å². The summed E-state index contributed by atoms with van der Waals surface area (Å²) in [6.45, 7) is 2.67. The lowest BCUT2D eigenvalue weighted by Gasteiger charge is -2.14. The maximum absolute atomic E-state index is 2.54. The Morgan fingerprint density at radius 2 is 1.56 bits per heavy atom. The zero-order valence-corrected chi connectivity index (χ0v) is 7.93. The van der Waals surface area contributed by atoms with Gasteiger partial charge in [0.15, 0.2) is 0 Å². The molecule has 1 saturated heterocycles. The fourth-order valence-corrected chi connectivity index (χ4v) is 1.94. The highest BCUT2D eigenvalue weighted by atomic mass is 127. The van der Waals surface area contributed by atoms with Crippen molar-refractivity contribution < 1.29 is 0 Å². The van der Waals surface area contributed by atoms with E-state index >= 15 is 0 Å². The zero-order chi connectivity index (χ0) is 6.53. The Balaban J connectivity index is 2.18. The van der Waals surface area contributed by atoms with Gasteiger partial charge in [-0.3, -0.25) is 4.90 Å². The first-order valence-corrected chi connectivity index (χ1v) is 5.24. The van der Waals surface area contributed by atoms with E-state index in [1.165, 1.54) is 43.3 Å². The summed E-state index contributed by atoms with van der Waals surface area (Å²) in [6.07, 6.45) is 5.74. The molecule has 1 heterocycles. The van der Waals surface area contributed by atoms with Gasteiger partial charge in [-0.2, -0.15) is 0 Å². The third kappa shape index (κ3) is 2.85. The van der Waals surface area contributed by atoms with Crippen LogP contribution >= 0.6 is 22.6 Å². The Hall–Kier alpha value is 0.690. The number of alkyl halides is 1. The summed E-state index contributed by atoms with van der Waals surface area (Å²) < 4.78 is 1.22. The number of likely N-dealkylation sites (tertiary alicyclic amines) is 1. The van der Waals surface area contributed by atoms with Crippen LogP contribution in [0.5, 0.6) is 0 Å². The normalized spacial score (nSPS) is 23.7. The van der Waals surface area contributed by atoms with Gasteiger partial charge in [0.25, 0.3) is 0 Å². The highest BCUT2D eigenvalue weighted by Gasteiger charge is 2.05. The summed E-state index contributed by atoms with van der Waals surface area (Å²) in [7, 11) is 0. The lowest BCUT2D eigenvalue weighted by Crippen LogP contribution is -2.22. The van der Waals surface area contributed by atoms with E-state index in [1.807, 2.05) is 0 Å². The van der Waals surface area contributed by atoms with Gasteiger partial charge in [-0.15, -0.1) is 0 Å². The van der Waals surface area contributed by atoms with Crippen LogP contribution in [-0.2, 0) is 0 Å². The van der Waals surface area contributed by atoms with Gasteiger partial charge in [0, 0.05) is 0 Å². The van der Waals surface area contributed by atoms with Gasteiger partial charge >= 0.3 is 0 Å². The fraction of sp³-hybridized carbons (Fsp3) is 1.00. The lowest BCUT2D eigenvalue weighted by molar-refractivity contribution is 0.342. The number of hydrogen-bond donors (Lipinski definition) is 0. The van der Waals surface area contributed by atoms with E-state index in [-0.39, 0.29) is 0 Å². The molecule has 0 atom stereocenters. The van der Waals surface area contributed by atoms with E-state index in [0.29, 0.717) is 0 Å². The van der Waals surface area contributed by atoms with Crippen molar-refractivity contribution in [2.24, 2.45) is 0 Å². The summed E-state index contributed by atoms with van der Waals surface area (Å²) in [5.74, 6) is 0. The molecular formula is C7H14IN. The molecule has 0 N–H and O–H groups in total. The molecule has 2 heteroatoms. The van der Waals surface area contributed by atoms with Gasteiger partial charge in [-0.25, -0.2) is 0 Å². The molecule has 0 spiro atoms. The standard InChI is InChI=1S/C7H14IN/c8-7-9-5-3-1-2-4-6-9/h1-7H2. The van der Waals surface area contributed by atoms with Crippen molar-refractivity contribution >= 4 is 22.6 Å². The van der Waals surface area contributed by atoms with Gasteiger partial charge < -0.3 is 0 Å². The topological polar surface area (TPSA) is 3.24 Å². The minimum atomic E-state index is 1.22.